The second-order valence-corrected chi connectivity index (χ2v) is 4.63. The molecule has 0 unspecified atom stereocenters. The molecule has 0 fully saturated rings. The van der Waals surface area contributed by atoms with E-state index in [1.165, 1.54) is 12.1 Å². The number of aromatic carboxylic acids is 1. The Balaban J connectivity index is 2.12. The van der Waals surface area contributed by atoms with Crippen LogP contribution in [-0.2, 0) is 6.61 Å². The highest BCUT2D eigenvalue weighted by molar-refractivity contribution is 6.33. The van der Waals surface area contributed by atoms with Gasteiger partial charge in [0.15, 0.2) is 0 Å². The number of carboxylic acids is 1. The number of ether oxygens (including phenoxy) is 1. The van der Waals surface area contributed by atoms with Crippen molar-refractivity contribution in [1.82, 2.24) is 0 Å². The van der Waals surface area contributed by atoms with Crippen molar-refractivity contribution in [3.63, 3.8) is 0 Å². The molecule has 0 amide bonds. The van der Waals surface area contributed by atoms with E-state index in [0.717, 1.165) is 11.1 Å². The number of aryl methyl sites for hydroxylation is 1. The van der Waals surface area contributed by atoms with E-state index < -0.39 is 5.97 Å². The highest BCUT2D eigenvalue weighted by Gasteiger charge is 2.09. The molecule has 2 rings (SSSR count). The lowest BCUT2D eigenvalue weighted by molar-refractivity contribution is 0.0696. The van der Waals surface area contributed by atoms with Gasteiger partial charge in [-0.1, -0.05) is 41.4 Å². The number of carbonyl (C=O) groups is 1. The molecule has 0 aliphatic heterocycles. The zero-order chi connectivity index (χ0) is 13.8. The molecule has 98 valence electrons. The van der Waals surface area contributed by atoms with Gasteiger partial charge < -0.3 is 9.84 Å². The summed E-state index contributed by atoms with van der Waals surface area (Å²) in [6, 6.07) is 12.6. The molecular weight excluding hydrogens is 264 g/mol. The Labute approximate surface area is 116 Å². The third-order valence-corrected chi connectivity index (χ3v) is 2.99. The molecule has 3 nitrogen and oxygen atoms in total. The van der Waals surface area contributed by atoms with Crippen molar-refractivity contribution in [2.24, 2.45) is 0 Å². The average molecular weight is 277 g/mol. The summed E-state index contributed by atoms with van der Waals surface area (Å²) in [5, 5.41) is 9.18. The highest BCUT2D eigenvalue weighted by Crippen LogP contribution is 2.23. The lowest BCUT2D eigenvalue weighted by Crippen LogP contribution is -2.00. The van der Waals surface area contributed by atoms with Crippen LogP contribution in [0.1, 0.15) is 21.5 Å². The Bertz CT molecular complexity index is 608. The van der Waals surface area contributed by atoms with Crippen LogP contribution in [0.4, 0.5) is 0 Å². The van der Waals surface area contributed by atoms with E-state index in [1.54, 1.807) is 6.07 Å². The lowest BCUT2D eigenvalue weighted by Gasteiger charge is -2.08. The van der Waals surface area contributed by atoms with Crippen LogP contribution >= 0.6 is 11.6 Å². The molecule has 19 heavy (non-hydrogen) atoms. The summed E-state index contributed by atoms with van der Waals surface area (Å²) in [6.45, 7) is 2.40. The topological polar surface area (TPSA) is 46.5 Å². The van der Waals surface area contributed by atoms with Gasteiger partial charge in [0.05, 0.1) is 10.6 Å². The monoisotopic (exact) mass is 276 g/mol. The summed E-state index contributed by atoms with van der Waals surface area (Å²) in [5.41, 5.74) is 2.23. The van der Waals surface area contributed by atoms with Crippen molar-refractivity contribution in [3.05, 3.63) is 64.2 Å². The molecule has 4 heteroatoms. The van der Waals surface area contributed by atoms with Crippen LogP contribution in [-0.4, -0.2) is 11.1 Å². The van der Waals surface area contributed by atoms with Crippen LogP contribution in [0.3, 0.4) is 0 Å². The summed E-state index contributed by atoms with van der Waals surface area (Å²) >= 11 is 5.79. The Kier molecular flexibility index (Phi) is 4.07. The van der Waals surface area contributed by atoms with E-state index in [0.29, 0.717) is 12.4 Å². The zero-order valence-electron chi connectivity index (χ0n) is 10.4. The first kappa shape index (κ1) is 13.4. The zero-order valence-corrected chi connectivity index (χ0v) is 11.1. The van der Waals surface area contributed by atoms with E-state index in [1.807, 2.05) is 31.2 Å². The maximum atomic E-state index is 11.0. The van der Waals surface area contributed by atoms with Crippen molar-refractivity contribution >= 4 is 17.6 Å². The largest absolute Gasteiger partial charge is 0.489 e. The van der Waals surface area contributed by atoms with Crippen molar-refractivity contribution in [1.29, 1.82) is 0 Å². The smallest absolute Gasteiger partial charge is 0.337 e. The average Bonchev–Trinajstić information content (AvgIpc) is 2.37. The third kappa shape index (κ3) is 3.48. The molecule has 0 aliphatic rings. The summed E-state index contributed by atoms with van der Waals surface area (Å²) in [7, 11) is 0. The minimum atomic E-state index is -1.06. The van der Waals surface area contributed by atoms with Crippen molar-refractivity contribution < 1.29 is 14.6 Å². The molecular formula is C15H13ClO3. The van der Waals surface area contributed by atoms with Crippen molar-refractivity contribution in [2.45, 2.75) is 13.5 Å². The number of hydrogen-bond donors (Lipinski definition) is 1. The van der Waals surface area contributed by atoms with Gasteiger partial charge in [0, 0.05) is 0 Å². The number of rotatable bonds is 4. The van der Waals surface area contributed by atoms with Crippen LogP contribution in [0.5, 0.6) is 5.75 Å². The van der Waals surface area contributed by atoms with Crippen LogP contribution in [0, 0.1) is 6.92 Å². The second-order valence-electron chi connectivity index (χ2n) is 4.22. The summed E-state index contributed by atoms with van der Waals surface area (Å²) < 4.78 is 5.57. The van der Waals surface area contributed by atoms with Gasteiger partial charge in [-0.15, -0.1) is 0 Å². The molecule has 0 atom stereocenters. The first-order valence-corrected chi connectivity index (χ1v) is 6.15. The molecule has 1 N–H and O–H groups in total. The molecule has 0 saturated heterocycles. The fourth-order valence-corrected chi connectivity index (χ4v) is 1.93. The maximum Gasteiger partial charge on any atom is 0.337 e. The van der Waals surface area contributed by atoms with Crippen molar-refractivity contribution in [2.75, 3.05) is 0 Å². The minimum absolute atomic E-state index is 0.0448. The predicted octanol–water partition coefficient (Wildman–Crippen LogP) is 3.93. The number of benzene rings is 2. The highest BCUT2D eigenvalue weighted by atomic mass is 35.5. The summed E-state index contributed by atoms with van der Waals surface area (Å²) in [6.07, 6.45) is 0. The van der Waals surface area contributed by atoms with Gasteiger partial charge in [0.2, 0.25) is 0 Å². The Morgan fingerprint density at radius 3 is 2.74 bits per heavy atom. The van der Waals surface area contributed by atoms with Gasteiger partial charge in [0.1, 0.15) is 12.4 Å². The van der Waals surface area contributed by atoms with Gasteiger partial charge in [-0.05, 0) is 30.7 Å². The number of hydrogen-bond acceptors (Lipinski definition) is 2. The molecule has 2 aromatic rings. The molecule has 0 bridgehead atoms. The van der Waals surface area contributed by atoms with Crippen LogP contribution in [0.15, 0.2) is 42.5 Å². The molecule has 0 aromatic heterocycles. The lowest BCUT2D eigenvalue weighted by atomic mass is 10.1. The summed E-state index contributed by atoms with van der Waals surface area (Å²) in [4.78, 5) is 11.0. The Morgan fingerprint density at radius 1 is 1.26 bits per heavy atom. The predicted molar refractivity (Wildman–Crippen MR) is 73.9 cm³/mol. The van der Waals surface area contributed by atoms with Gasteiger partial charge in [-0.25, -0.2) is 4.79 Å². The number of halogens is 1. The van der Waals surface area contributed by atoms with Gasteiger partial charge in [-0.3, -0.25) is 0 Å². The quantitative estimate of drug-likeness (QED) is 0.920. The second kappa shape index (κ2) is 5.76. The molecule has 0 saturated carbocycles. The van der Waals surface area contributed by atoms with Crippen LogP contribution in [0.25, 0.3) is 0 Å². The van der Waals surface area contributed by atoms with E-state index in [-0.39, 0.29) is 10.6 Å². The minimum Gasteiger partial charge on any atom is -0.489 e. The van der Waals surface area contributed by atoms with Gasteiger partial charge in [0.25, 0.3) is 0 Å². The van der Waals surface area contributed by atoms with Crippen LogP contribution in [0.2, 0.25) is 5.02 Å². The van der Waals surface area contributed by atoms with E-state index in [9.17, 15) is 4.79 Å². The van der Waals surface area contributed by atoms with Crippen molar-refractivity contribution in [3.8, 4) is 5.75 Å². The van der Waals surface area contributed by atoms with Crippen LogP contribution < -0.4 is 4.74 Å². The number of carboxylic acid groups (broad SMARTS) is 1. The molecule has 0 aliphatic carbocycles. The third-order valence-electron chi connectivity index (χ3n) is 2.66. The molecule has 0 radical (unpaired) electrons. The Morgan fingerprint density at radius 2 is 2.05 bits per heavy atom. The molecule has 2 aromatic carbocycles. The SMILES string of the molecule is Cc1cccc(COc2ccc(Cl)c(C(=O)O)c2)c1. The standard InChI is InChI=1S/C15H13ClO3/c1-10-3-2-4-11(7-10)9-19-12-5-6-14(16)13(8-12)15(17)18/h2-8H,9H2,1H3,(H,17,18). The fraction of sp³-hybridized carbons (Fsp3) is 0.133. The van der Waals surface area contributed by atoms with E-state index in [2.05, 4.69) is 0 Å². The Hall–Kier alpha value is -2.00. The van der Waals surface area contributed by atoms with Gasteiger partial charge >= 0.3 is 5.97 Å². The first-order chi connectivity index (χ1) is 9.06. The molecule has 0 spiro atoms. The maximum absolute atomic E-state index is 11.0. The van der Waals surface area contributed by atoms with E-state index in [4.69, 9.17) is 21.4 Å². The van der Waals surface area contributed by atoms with E-state index >= 15 is 0 Å². The van der Waals surface area contributed by atoms with Gasteiger partial charge in [-0.2, -0.15) is 0 Å². The molecule has 0 heterocycles. The first-order valence-electron chi connectivity index (χ1n) is 5.77. The fourth-order valence-electron chi connectivity index (χ4n) is 1.73. The normalized spacial score (nSPS) is 10.2. The summed E-state index contributed by atoms with van der Waals surface area (Å²) in [5.74, 6) is -0.575.